The van der Waals surface area contributed by atoms with Crippen LogP contribution in [0, 0.1) is 0 Å². The third kappa shape index (κ3) is 5.47. The highest BCUT2D eigenvalue weighted by atomic mass is 32.2. The molecular formula is C15H22N2O3S. The van der Waals surface area contributed by atoms with Crippen molar-refractivity contribution < 1.29 is 14.1 Å². The van der Waals surface area contributed by atoms with Crippen LogP contribution in [0.25, 0.3) is 0 Å². The van der Waals surface area contributed by atoms with Crippen molar-refractivity contribution in [1.29, 1.82) is 0 Å². The van der Waals surface area contributed by atoms with Gasteiger partial charge in [-0.15, -0.1) is 0 Å². The molecule has 1 aromatic carbocycles. The zero-order valence-corrected chi connectivity index (χ0v) is 12.8. The molecule has 0 bridgehead atoms. The predicted molar refractivity (Wildman–Crippen MR) is 83.4 cm³/mol. The van der Waals surface area contributed by atoms with Gasteiger partial charge >= 0.3 is 6.03 Å². The number of hydrogen-bond acceptors (Lipinski definition) is 3. The number of benzene rings is 1. The lowest BCUT2D eigenvalue weighted by Crippen LogP contribution is -2.47. The van der Waals surface area contributed by atoms with E-state index in [1.54, 1.807) is 4.90 Å². The van der Waals surface area contributed by atoms with Gasteiger partial charge < -0.3 is 15.3 Å². The molecule has 1 fully saturated rings. The van der Waals surface area contributed by atoms with E-state index in [1.807, 2.05) is 30.3 Å². The van der Waals surface area contributed by atoms with Gasteiger partial charge in [-0.05, 0) is 18.4 Å². The van der Waals surface area contributed by atoms with Crippen molar-refractivity contribution in [1.82, 2.24) is 10.2 Å². The van der Waals surface area contributed by atoms with Crippen LogP contribution >= 0.6 is 0 Å². The highest BCUT2D eigenvalue weighted by Crippen LogP contribution is 2.09. The molecule has 2 unspecified atom stereocenters. The number of nitrogens with one attached hydrogen (secondary N) is 1. The van der Waals surface area contributed by atoms with E-state index in [1.165, 1.54) is 0 Å². The fourth-order valence-corrected chi connectivity index (χ4v) is 3.39. The van der Waals surface area contributed by atoms with Gasteiger partial charge in [0.15, 0.2) is 0 Å². The molecular weight excluding hydrogens is 288 g/mol. The van der Waals surface area contributed by atoms with Crippen molar-refractivity contribution >= 4 is 16.8 Å². The first-order valence-electron chi connectivity index (χ1n) is 7.25. The second-order valence-corrected chi connectivity index (χ2v) is 6.82. The smallest absolute Gasteiger partial charge is 0.317 e. The minimum atomic E-state index is -0.982. The molecule has 116 valence electrons. The average Bonchev–Trinajstić information content (AvgIpc) is 2.48. The molecule has 2 rings (SSSR count). The molecule has 2 atom stereocenters. The van der Waals surface area contributed by atoms with Crippen molar-refractivity contribution in [3.8, 4) is 0 Å². The molecule has 2 N–H and O–H groups in total. The molecule has 5 nitrogen and oxygen atoms in total. The quantitative estimate of drug-likeness (QED) is 0.856. The van der Waals surface area contributed by atoms with Gasteiger partial charge in [0.1, 0.15) is 0 Å². The van der Waals surface area contributed by atoms with Crippen LogP contribution in [0.2, 0.25) is 0 Å². The van der Waals surface area contributed by atoms with Crippen LogP contribution in [0.1, 0.15) is 18.4 Å². The molecule has 2 amide bonds. The van der Waals surface area contributed by atoms with Gasteiger partial charge in [0.25, 0.3) is 0 Å². The lowest BCUT2D eigenvalue weighted by Gasteiger charge is -2.30. The second-order valence-electron chi connectivity index (χ2n) is 5.25. The van der Waals surface area contributed by atoms with E-state index in [-0.39, 0.29) is 6.03 Å². The standard InChI is InChI=1S/C15H22N2O3S/c18-14-7-4-9-17(11-14)15(19)16-8-10-21(20)12-13-5-2-1-3-6-13/h1-3,5-6,14,18H,4,7-12H2,(H,16,19). The Bertz CT molecular complexity index is 481. The average molecular weight is 310 g/mol. The van der Waals surface area contributed by atoms with E-state index in [0.29, 0.717) is 31.1 Å². The van der Waals surface area contributed by atoms with Crippen LogP contribution in [-0.2, 0) is 16.6 Å². The molecule has 1 saturated heterocycles. The topological polar surface area (TPSA) is 69.6 Å². The van der Waals surface area contributed by atoms with Gasteiger partial charge in [0.05, 0.1) is 6.10 Å². The summed E-state index contributed by atoms with van der Waals surface area (Å²) < 4.78 is 11.9. The summed E-state index contributed by atoms with van der Waals surface area (Å²) in [5, 5.41) is 12.3. The molecule has 0 saturated carbocycles. The number of amides is 2. The minimum absolute atomic E-state index is 0.175. The summed E-state index contributed by atoms with van der Waals surface area (Å²) in [6.45, 7) is 1.46. The predicted octanol–water partition coefficient (Wildman–Crippen LogP) is 1.10. The van der Waals surface area contributed by atoms with Crippen LogP contribution in [0.3, 0.4) is 0 Å². The number of hydrogen-bond donors (Lipinski definition) is 2. The van der Waals surface area contributed by atoms with Gasteiger partial charge in [0, 0.05) is 41.9 Å². The van der Waals surface area contributed by atoms with Gasteiger partial charge in [-0.1, -0.05) is 30.3 Å². The van der Waals surface area contributed by atoms with Crippen LogP contribution in [-0.4, -0.2) is 51.7 Å². The Kier molecular flexibility index (Phi) is 6.20. The fraction of sp³-hybridized carbons (Fsp3) is 0.533. The number of rotatable bonds is 5. The van der Waals surface area contributed by atoms with E-state index < -0.39 is 16.9 Å². The summed E-state index contributed by atoms with van der Waals surface area (Å²) in [4.78, 5) is 13.5. The van der Waals surface area contributed by atoms with Gasteiger partial charge in [-0.25, -0.2) is 4.79 Å². The van der Waals surface area contributed by atoms with Crippen LogP contribution in [0.5, 0.6) is 0 Å². The number of nitrogens with zero attached hydrogens (tertiary/aromatic N) is 1. The van der Waals surface area contributed by atoms with Gasteiger partial charge in [-0.3, -0.25) is 4.21 Å². The number of piperidine rings is 1. The zero-order chi connectivity index (χ0) is 15.1. The molecule has 1 aromatic rings. The lowest BCUT2D eigenvalue weighted by atomic mass is 10.1. The summed E-state index contributed by atoms with van der Waals surface area (Å²) in [7, 11) is -0.982. The first-order chi connectivity index (χ1) is 10.1. The van der Waals surface area contributed by atoms with Crippen LogP contribution in [0.4, 0.5) is 4.79 Å². The molecule has 0 radical (unpaired) electrons. The van der Waals surface area contributed by atoms with Crippen molar-refractivity contribution in [3.63, 3.8) is 0 Å². The van der Waals surface area contributed by atoms with Crippen molar-refractivity contribution in [2.24, 2.45) is 0 Å². The molecule has 0 spiro atoms. The third-order valence-electron chi connectivity index (χ3n) is 3.46. The zero-order valence-electron chi connectivity index (χ0n) is 12.0. The third-order valence-corrected chi connectivity index (χ3v) is 4.77. The Morgan fingerprint density at radius 1 is 1.38 bits per heavy atom. The van der Waals surface area contributed by atoms with E-state index in [4.69, 9.17) is 0 Å². The van der Waals surface area contributed by atoms with E-state index in [0.717, 1.165) is 18.4 Å². The fourth-order valence-electron chi connectivity index (χ4n) is 2.36. The summed E-state index contributed by atoms with van der Waals surface area (Å²) in [5.41, 5.74) is 1.04. The maximum absolute atomic E-state index is 11.9. The molecule has 1 heterocycles. The summed E-state index contributed by atoms with van der Waals surface area (Å²) in [6, 6.07) is 9.51. The highest BCUT2D eigenvalue weighted by molar-refractivity contribution is 7.84. The minimum Gasteiger partial charge on any atom is -0.391 e. The molecule has 1 aliphatic heterocycles. The van der Waals surface area contributed by atoms with E-state index in [9.17, 15) is 14.1 Å². The molecule has 6 heteroatoms. The second kappa shape index (κ2) is 8.14. The van der Waals surface area contributed by atoms with Crippen LogP contribution in [0.15, 0.2) is 30.3 Å². The Morgan fingerprint density at radius 2 is 2.14 bits per heavy atom. The number of urea groups is 1. The van der Waals surface area contributed by atoms with Crippen molar-refractivity contribution in [2.75, 3.05) is 25.4 Å². The number of carbonyl (C=O) groups excluding carboxylic acids is 1. The molecule has 0 aromatic heterocycles. The Balaban J connectivity index is 1.66. The summed E-state index contributed by atoms with van der Waals surface area (Å²) in [6.07, 6.45) is 1.16. The highest BCUT2D eigenvalue weighted by Gasteiger charge is 2.21. The number of carbonyl (C=O) groups is 1. The van der Waals surface area contributed by atoms with Crippen LogP contribution < -0.4 is 5.32 Å². The number of aliphatic hydroxyl groups is 1. The van der Waals surface area contributed by atoms with Crippen molar-refractivity contribution in [3.05, 3.63) is 35.9 Å². The molecule has 21 heavy (non-hydrogen) atoms. The SMILES string of the molecule is O=C(NCCS(=O)Cc1ccccc1)N1CCCC(O)C1. The van der Waals surface area contributed by atoms with E-state index in [2.05, 4.69) is 5.32 Å². The Labute approximate surface area is 127 Å². The monoisotopic (exact) mass is 310 g/mol. The first kappa shape index (κ1) is 16.0. The summed E-state index contributed by atoms with van der Waals surface area (Å²) >= 11 is 0. The van der Waals surface area contributed by atoms with Gasteiger partial charge in [-0.2, -0.15) is 0 Å². The van der Waals surface area contributed by atoms with Crippen molar-refractivity contribution in [2.45, 2.75) is 24.7 Å². The Morgan fingerprint density at radius 3 is 2.86 bits per heavy atom. The van der Waals surface area contributed by atoms with E-state index >= 15 is 0 Å². The number of likely N-dealkylation sites (tertiary alicyclic amines) is 1. The largest absolute Gasteiger partial charge is 0.391 e. The number of β-amino-alcohol motifs (C(OH)–C–C–N with tert-alkyl or cyclic N) is 1. The first-order valence-corrected chi connectivity index (χ1v) is 8.73. The normalized spacial score (nSPS) is 20.0. The molecule has 1 aliphatic rings. The number of aliphatic hydroxyl groups excluding tert-OH is 1. The molecule has 0 aliphatic carbocycles. The maximum Gasteiger partial charge on any atom is 0.317 e. The maximum atomic E-state index is 11.9. The summed E-state index contributed by atoms with van der Waals surface area (Å²) in [5.74, 6) is 0.955. The van der Waals surface area contributed by atoms with Gasteiger partial charge in [0.2, 0.25) is 0 Å². The lowest BCUT2D eigenvalue weighted by molar-refractivity contribution is 0.0845. The Hall–Kier alpha value is -1.40.